The van der Waals surface area contributed by atoms with E-state index in [1.54, 1.807) is 0 Å². The van der Waals surface area contributed by atoms with E-state index in [4.69, 9.17) is 0 Å². The Morgan fingerprint density at radius 2 is 2.10 bits per heavy atom. The highest BCUT2D eigenvalue weighted by Gasteiger charge is 2.40. The van der Waals surface area contributed by atoms with E-state index >= 15 is 0 Å². The predicted molar refractivity (Wildman–Crippen MR) is 81.9 cm³/mol. The Morgan fingerprint density at radius 3 is 2.80 bits per heavy atom. The first-order valence-corrected chi connectivity index (χ1v) is 7.91. The van der Waals surface area contributed by atoms with Crippen molar-refractivity contribution in [2.24, 2.45) is 11.8 Å². The second-order valence-corrected chi connectivity index (χ2v) is 6.23. The number of rotatable bonds is 5. The van der Waals surface area contributed by atoms with E-state index in [1.807, 2.05) is 24.3 Å². The first kappa shape index (κ1) is 13.5. The van der Waals surface area contributed by atoms with E-state index < -0.39 is 0 Å². The van der Waals surface area contributed by atoms with Gasteiger partial charge in [-0.05, 0) is 49.7 Å². The van der Waals surface area contributed by atoms with Crippen molar-refractivity contribution in [2.75, 3.05) is 11.9 Å². The highest BCUT2D eigenvalue weighted by atomic mass is 16.1. The normalized spacial score (nSPS) is 27.6. The summed E-state index contributed by atoms with van der Waals surface area (Å²) in [6, 6.07) is 8.23. The number of fused-ring (bicyclic) bond motifs is 2. The molecule has 3 atom stereocenters. The molecular weight excluding hydrogens is 248 g/mol. The summed E-state index contributed by atoms with van der Waals surface area (Å²) in [5.74, 6) is 1.67. The zero-order valence-electron chi connectivity index (χ0n) is 12.2. The van der Waals surface area contributed by atoms with Crippen molar-refractivity contribution in [3.05, 3.63) is 29.8 Å². The summed E-state index contributed by atoms with van der Waals surface area (Å²) in [5, 5.41) is 6.61. The van der Waals surface area contributed by atoms with Gasteiger partial charge in [0.2, 0.25) is 0 Å². The minimum Gasteiger partial charge on any atom is -0.384 e. The first-order valence-electron chi connectivity index (χ1n) is 7.91. The van der Waals surface area contributed by atoms with E-state index in [0.29, 0.717) is 6.04 Å². The van der Waals surface area contributed by atoms with Crippen molar-refractivity contribution in [2.45, 2.75) is 45.1 Å². The maximum absolute atomic E-state index is 12.5. The van der Waals surface area contributed by atoms with Crippen LogP contribution in [0, 0.1) is 11.8 Å². The van der Waals surface area contributed by atoms with Gasteiger partial charge in [-0.1, -0.05) is 25.5 Å². The zero-order chi connectivity index (χ0) is 13.9. The molecule has 0 spiro atoms. The third kappa shape index (κ3) is 2.67. The molecule has 3 rings (SSSR count). The van der Waals surface area contributed by atoms with Crippen molar-refractivity contribution in [3.8, 4) is 0 Å². The quantitative estimate of drug-likeness (QED) is 0.862. The van der Waals surface area contributed by atoms with Crippen molar-refractivity contribution >= 4 is 11.6 Å². The number of hydrogen-bond acceptors (Lipinski definition) is 2. The maximum atomic E-state index is 12.5. The van der Waals surface area contributed by atoms with Crippen LogP contribution in [0.5, 0.6) is 0 Å². The molecule has 2 N–H and O–H groups in total. The zero-order valence-corrected chi connectivity index (χ0v) is 12.2. The lowest BCUT2D eigenvalue weighted by Gasteiger charge is -2.23. The van der Waals surface area contributed by atoms with Crippen LogP contribution in [-0.2, 0) is 0 Å². The van der Waals surface area contributed by atoms with Gasteiger partial charge in [0, 0.05) is 18.3 Å². The van der Waals surface area contributed by atoms with Crippen molar-refractivity contribution < 1.29 is 4.79 Å². The largest absolute Gasteiger partial charge is 0.384 e. The molecule has 20 heavy (non-hydrogen) atoms. The van der Waals surface area contributed by atoms with Crippen molar-refractivity contribution in [3.63, 3.8) is 0 Å². The van der Waals surface area contributed by atoms with E-state index in [-0.39, 0.29) is 5.91 Å². The lowest BCUT2D eigenvalue weighted by atomic mass is 9.95. The van der Waals surface area contributed by atoms with Gasteiger partial charge in [0.25, 0.3) is 5.91 Å². The average molecular weight is 272 g/mol. The van der Waals surface area contributed by atoms with E-state index in [2.05, 4.69) is 17.6 Å². The first-order chi connectivity index (χ1) is 9.78. The van der Waals surface area contributed by atoms with Crippen LogP contribution < -0.4 is 10.6 Å². The molecule has 3 heteroatoms. The van der Waals surface area contributed by atoms with E-state index in [1.165, 1.54) is 25.7 Å². The third-order valence-corrected chi connectivity index (χ3v) is 4.79. The van der Waals surface area contributed by atoms with Gasteiger partial charge in [0.15, 0.2) is 0 Å². The molecule has 2 fully saturated rings. The molecule has 1 aromatic rings. The number of carbonyl (C=O) groups is 1. The van der Waals surface area contributed by atoms with Gasteiger partial charge in [0.1, 0.15) is 0 Å². The number of carbonyl (C=O) groups excluding carboxylic acids is 1. The summed E-state index contributed by atoms with van der Waals surface area (Å²) in [6.07, 6.45) is 6.22. The van der Waals surface area contributed by atoms with Gasteiger partial charge in [-0.15, -0.1) is 0 Å². The van der Waals surface area contributed by atoms with Gasteiger partial charge in [-0.3, -0.25) is 4.79 Å². The Kier molecular flexibility index (Phi) is 3.95. The van der Waals surface area contributed by atoms with Crippen LogP contribution >= 0.6 is 0 Å². The van der Waals surface area contributed by atoms with Gasteiger partial charge in [0.05, 0.1) is 5.56 Å². The highest BCUT2D eigenvalue weighted by molar-refractivity contribution is 5.99. The molecule has 0 aromatic heterocycles. The van der Waals surface area contributed by atoms with Crippen LogP contribution in [0.1, 0.15) is 49.4 Å². The third-order valence-electron chi connectivity index (χ3n) is 4.79. The van der Waals surface area contributed by atoms with Crippen LogP contribution in [0.15, 0.2) is 24.3 Å². The number of hydrogen-bond donors (Lipinski definition) is 2. The molecule has 0 heterocycles. The second-order valence-electron chi connectivity index (χ2n) is 6.23. The summed E-state index contributed by atoms with van der Waals surface area (Å²) in [4.78, 5) is 12.5. The molecule has 0 radical (unpaired) electrons. The van der Waals surface area contributed by atoms with Crippen molar-refractivity contribution in [1.29, 1.82) is 0 Å². The summed E-state index contributed by atoms with van der Waals surface area (Å²) >= 11 is 0. The number of amides is 1. The van der Waals surface area contributed by atoms with Gasteiger partial charge in [-0.25, -0.2) is 0 Å². The molecular formula is C17H24N2O. The summed E-state index contributed by atoms with van der Waals surface area (Å²) in [6.45, 7) is 3.03. The molecule has 2 saturated carbocycles. The Balaban J connectivity index is 1.67. The molecule has 1 aromatic carbocycles. The Bertz CT molecular complexity index is 486. The van der Waals surface area contributed by atoms with Crippen LogP contribution in [0.3, 0.4) is 0 Å². The molecule has 2 bridgehead atoms. The topological polar surface area (TPSA) is 41.1 Å². The lowest BCUT2D eigenvalue weighted by molar-refractivity contribution is 0.0923. The number of benzene rings is 1. The predicted octanol–water partition coefficient (Wildman–Crippen LogP) is 3.43. The Morgan fingerprint density at radius 1 is 1.25 bits per heavy atom. The van der Waals surface area contributed by atoms with Crippen molar-refractivity contribution in [1.82, 2.24) is 5.32 Å². The summed E-state index contributed by atoms with van der Waals surface area (Å²) in [7, 11) is 0. The molecule has 2 aliphatic carbocycles. The monoisotopic (exact) mass is 272 g/mol. The minimum absolute atomic E-state index is 0.0850. The minimum atomic E-state index is 0.0850. The number of anilines is 1. The maximum Gasteiger partial charge on any atom is 0.253 e. The molecule has 3 nitrogen and oxygen atoms in total. The van der Waals surface area contributed by atoms with Gasteiger partial charge in [-0.2, -0.15) is 0 Å². The molecule has 108 valence electrons. The summed E-state index contributed by atoms with van der Waals surface area (Å²) in [5.41, 5.74) is 1.73. The molecule has 0 aliphatic heterocycles. The van der Waals surface area contributed by atoms with E-state index in [0.717, 1.165) is 36.1 Å². The Labute approximate surface area is 121 Å². The second kappa shape index (κ2) is 5.86. The van der Waals surface area contributed by atoms with Gasteiger partial charge < -0.3 is 10.6 Å². The van der Waals surface area contributed by atoms with E-state index in [9.17, 15) is 4.79 Å². The average Bonchev–Trinajstić information content (AvgIpc) is 3.08. The molecule has 1 amide bonds. The molecule has 0 saturated heterocycles. The fraction of sp³-hybridized carbons (Fsp3) is 0.588. The van der Waals surface area contributed by atoms with Crippen LogP contribution in [0.25, 0.3) is 0 Å². The number of nitrogens with one attached hydrogen (secondary N) is 2. The molecule has 2 aliphatic rings. The Hall–Kier alpha value is -1.51. The van der Waals surface area contributed by atoms with Crippen LogP contribution in [0.4, 0.5) is 5.69 Å². The number of para-hydroxylation sites is 1. The smallest absolute Gasteiger partial charge is 0.253 e. The van der Waals surface area contributed by atoms with Crippen LogP contribution in [-0.4, -0.2) is 18.5 Å². The highest BCUT2D eigenvalue weighted by Crippen LogP contribution is 2.44. The fourth-order valence-corrected chi connectivity index (χ4v) is 3.76. The SMILES string of the molecule is CCCNc1ccccc1C(=O)NC1CC2CCC1C2. The van der Waals surface area contributed by atoms with Crippen LogP contribution in [0.2, 0.25) is 0 Å². The molecule has 3 unspecified atom stereocenters. The van der Waals surface area contributed by atoms with Gasteiger partial charge >= 0.3 is 0 Å². The fourth-order valence-electron chi connectivity index (χ4n) is 3.76. The standard InChI is InChI=1S/C17H24N2O/c1-2-9-18-15-6-4-3-5-14(15)17(20)19-16-11-12-7-8-13(16)10-12/h3-6,12-13,16,18H,2,7-11H2,1H3,(H,19,20). The lowest BCUT2D eigenvalue weighted by Crippen LogP contribution is -2.38. The summed E-state index contributed by atoms with van der Waals surface area (Å²) < 4.78 is 0.